The van der Waals surface area contributed by atoms with E-state index in [1.165, 1.54) is 0 Å². The second-order valence-electron chi connectivity index (χ2n) is 7.09. The molecule has 0 radical (unpaired) electrons. The first-order valence-electron chi connectivity index (χ1n) is 7.88. The van der Waals surface area contributed by atoms with Crippen molar-refractivity contribution in [2.24, 2.45) is 29.1 Å². The Morgan fingerprint density at radius 3 is 2.76 bits per heavy atom. The molecule has 3 unspecified atom stereocenters. The van der Waals surface area contributed by atoms with Gasteiger partial charge in [-0.05, 0) is 31.1 Å². The number of allylic oxidation sites excluding steroid dienone is 2. The van der Waals surface area contributed by atoms with Crippen molar-refractivity contribution in [1.82, 2.24) is 4.90 Å². The van der Waals surface area contributed by atoms with Crippen LogP contribution >= 0.6 is 0 Å². The molecule has 4 rings (SSSR count). The molecule has 4 aliphatic rings. The van der Waals surface area contributed by atoms with Crippen molar-refractivity contribution in [2.45, 2.75) is 19.3 Å². The zero-order valence-corrected chi connectivity index (χ0v) is 12.0. The minimum atomic E-state index is -0.776. The van der Waals surface area contributed by atoms with E-state index in [0.717, 1.165) is 12.8 Å². The van der Waals surface area contributed by atoms with Crippen molar-refractivity contribution in [3.05, 3.63) is 12.2 Å². The van der Waals surface area contributed by atoms with Gasteiger partial charge in [0.1, 0.15) is 0 Å². The number of fused-ring (bicyclic) bond motifs is 3. The van der Waals surface area contributed by atoms with Crippen LogP contribution in [0.15, 0.2) is 12.2 Å². The zero-order chi connectivity index (χ0) is 14.6. The first-order chi connectivity index (χ1) is 10.1. The Hall–Kier alpha value is -1.36. The van der Waals surface area contributed by atoms with Gasteiger partial charge in [-0.2, -0.15) is 0 Å². The number of carboxylic acids is 1. The van der Waals surface area contributed by atoms with E-state index in [1.807, 2.05) is 4.90 Å². The number of hydrogen-bond donors (Lipinski definition) is 1. The van der Waals surface area contributed by atoms with Crippen LogP contribution in [-0.2, 0) is 14.3 Å². The third-order valence-electron chi connectivity index (χ3n) is 6.04. The van der Waals surface area contributed by atoms with E-state index in [9.17, 15) is 14.7 Å². The normalized spacial score (nSPS) is 44.1. The highest BCUT2D eigenvalue weighted by Gasteiger charge is 2.56. The molecule has 0 aromatic carbocycles. The Labute approximate surface area is 123 Å². The minimum absolute atomic E-state index is 0.0539. The van der Waals surface area contributed by atoms with Gasteiger partial charge in [0.15, 0.2) is 0 Å². The van der Waals surface area contributed by atoms with Gasteiger partial charge in [0.05, 0.1) is 12.0 Å². The van der Waals surface area contributed by atoms with E-state index in [-0.39, 0.29) is 17.7 Å². The number of likely N-dealkylation sites (tertiary alicyclic amines) is 1. The number of hydrogen-bond acceptors (Lipinski definition) is 3. The molecule has 5 heteroatoms. The number of aliphatic carboxylic acids is 1. The Morgan fingerprint density at radius 1 is 1.29 bits per heavy atom. The molecule has 0 aromatic heterocycles. The second kappa shape index (κ2) is 4.57. The lowest BCUT2D eigenvalue weighted by molar-refractivity contribution is -0.157. The van der Waals surface area contributed by atoms with E-state index in [0.29, 0.717) is 44.6 Å². The number of carboxylic acid groups (broad SMARTS) is 1. The number of carbonyl (C=O) groups excluding carboxylic acids is 1. The minimum Gasteiger partial charge on any atom is -0.481 e. The first-order valence-corrected chi connectivity index (χ1v) is 7.88. The van der Waals surface area contributed by atoms with Crippen LogP contribution in [0.25, 0.3) is 0 Å². The van der Waals surface area contributed by atoms with Crippen molar-refractivity contribution in [1.29, 1.82) is 0 Å². The SMILES string of the molecule is O=C(C1CC2C=CC1C2)N1C[C@H]2COCC[C@@]2(C(=O)O)C1. The van der Waals surface area contributed by atoms with Crippen LogP contribution in [-0.4, -0.2) is 48.2 Å². The van der Waals surface area contributed by atoms with Gasteiger partial charge < -0.3 is 14.7 Å². The molecular weight excluding hydrogens is 270 g/mol. The van der Waals surface area contributed by atoms with E-state index in [4.69, 9.17) is 4.74 Å². The maximum absolute atomic E-state index is 12.8. The quantitative estimate of drug-likeness (QED) is 0.775. The molecule has 2 aliphatic heterocycles. The highest BCUT2D eigenvalue weighted by molar-refractivity contribution is 5.83. The molecule has 1 N–H and O–H groups in total. The topological polar surface area (TPSA) is 66.8 Å². The monoisotopic (exact) mass is 291 g/mol. The summed E-state index contributed by atoms with van der Waals surface area (Å²) in [6, 6.07) is 0. The van der Waals surface area contributed by atoms with E-state index in [1.54, 1.807) is 0 Å². The van der Waals surface area contributed by atoms with Crippen molar-refractivity contribution < 1.29 is 19.4 Å². The summed E-state index contributed by atoms with van der Waals surface area (Å²) < 4.78 is 5.45. The molecule has 5 atom stereocenters. The van der Waals surface area contributed by atoms with Crippen LogP contribution in [0.1, 0.15) is 19.3 Å². The van der Waals surface area contributed by atoms with Gasteiger partial charge in [0.25, 0.3) is 0 Å². The van der Waals surface area contributed by atoms with E-state index in [2.05, 4.69) is 12.2 Å². The Kier molecular flexibility index (Phi) is 2.89. The van der Waals surface area contributed by atoms with Gasteiger partial charge in [-0.15, -0.1) is 0 Å². The third kappa shape index (κ3) is 1.86. The number of ether oxygens (including phenoxy) is 1. The highest BCUT2D eigenvalue weighted by Crippen LogP contribution is 2.47. The molecule has 21 heavy (non-hydrogen) atoms. The predicted molar refractivity (Wildman–Crippen MR) is 74.4 cm³/mol. The lowest BCUT2D eigenvalue weighted by Gasteiger charge is -2.34. The summed E-state index contributed by atoms with van der Waals surface area (Å²) in [5.41, 5.74) is -0.776. The third-order valence-corrected chi connectivity index (χ3v) is 6.04. The summed E-state index contributed by atoms with van der Waals surface area (Å²) in [6.45, 7) is 1.87. The molecule has 1 amide bonds. The number of rotatable bonds is 2. The molecule has 1 saturated carbocycles. The summed E-state index contributed by atoms with van der Waals surface area (Å²) in [6.07, 6.45) is 6.96. The van der Waals surface area contributed by atoms with Crippen molar-refractivity contribution >= 4 is 11.9 Å². The molecular formula is C16H21NO4. The lowest BCUT2D eigenvalue weighted by Crippen LogP contribution is -2.45. The van der Waals surface area contributed by atoms with Crippen LogP contribution in [0.4, 0.5) is 0 Å². The average molecular weight is 291 g/mol. The smallest absolute Gasteiger partial charge is 0.311 e. The van der Waals surface area contributed by atoms with Gasteiger partial charge in [0.2, 0.25) is 5.91 Å². The van der Waals surface area contributed by atoms with Crippen LogP contribution in [0.3, 0.4) is 0 Å². The maximum Gasteiger partial charge on any atom is 0.311 e. The summed E-state index contributed by atoms with van der Waals surface area (Å²) in [7, 11) is 0. The predicted octanol–water partition coefficient (Wildman–Crippen LogP) is 1.15. The van der Waals surface area contributed by atoms with Crippen molar-refractivity contribution in [3.8, 4) is 0 Å². The summed E-state index contributed by atoms with van der Waals surface area (Å²) in [5.74, 6) is 0.363. The van der Waals surface area contributed by atoms with Gasteiger partial charge in [0, 0.05) is 31.5 Å². The number of carbonyl (C=O) groups is 2. The Bertz CT molecular complexity index is 516. The standard InChI is InChI=1S/C16H21NO4/c18-14(13-6-10-1-2-11(13)5-10)17-7-12-8-21-4-3-16(12,9-17)15(19)20/h1-2,10-13H,3-9H2,(H,19,20)/t10?,11?,12-,13?,16+/m0/s1. The van der Waals surface area contributed by atoms with E-state index < -0.39 is 11.4 Å². The molecule has 2 heterocycles. The summed E-state index contributed by atoms with van der Waals surface area (Å²) >= 11 is 0. The van der Waals surface area contributed by atoms with Gasteiger partial charge >= 0.3 is 5.97 Å². The Morgan fingerprint density at radius 2 is 2.14 bits per heavy atom. The molecule has 5 nitrogen and oxygen atoms in total. The molecule has 3 fully saturated rings. The van der Waals surface area contributed by atoms with E-state index >= 15 is 0 Å². The summed E-state index contributed by atoms with van der Waals surface area (Å²) in [4.78, 5) is 26.4. The van der Waals surface area contributed by atoms with Crippen LogP contribution in [0.5, 0.6) is 0 Å². The second-order valence-corrected chi connectivity index (χ2v) is 7.09. The molecule has 0 spiro atoms. The van der Waals surface area contributed by atoms with Gasteiger partial charge in [-0.1, -0.05) is 12.2 Å². The maximum atomic E-state index is 12.8. The summed E-state index contributed by atoms with van der Waals surface area (Å²) in [5, 5.41) is 9.66. The fourth-order valence-electron chi connectivity index (χ4n) is 4.77. The number of nitrogens with zero attached hydrogens (tertiary/aromatic N) is 1. The molecule has 2 aliphatic carbocycles. The molecule has 114 valence electrons. The van der Waals surface area contributed by atoms with Crippen molar-refractivity contribution in [3.63, 3.8) is 0 Å². The Balaban J connectivity index is 1.53. The van der Waals surface area contributed by atoms with Crippen LogP contribution in [0.2, 0.25) is 0 Å². The molecule has 0 aromatic rings. The number of amides is 1. The zero-order valence-electron chi connectivity index (χ0n) is 12.0. The largest absolute Gasteiger partial charge is 0.481 e. The van der Waals surface area contributed by atoms with Crippen LogP contribution < -0.4 is 0 Å². The lowest BCUT2D eigenvalue weighted by atomic mass is 9.74. The van der Waals surface area contributed by atoms with Gasteiger partial charge in [-0.3, -0.25) is 9.59 Å². The average Bonchev–Trinajstić information content (AvgIpc) is 3.19. The molecule has 2 bridgehead atoms. The fraction of sp³-hybridized carbons (Fsp3) is 0.750. The highest BCUT2D eigenvalue weighted by atomic mass is 16.5. The fourth-order valence-corrected chi connectivity index (χ4v) is 4.77. The molecule has 2 saturated heterocycles. The van der Waals surface area contributed by atoms with Gasteiger partial charge in [-0.25, -0.2) is 0 Å². The van der Waals surface area contributed by atoms with Crippen LogP contribution in [0, 0.1) is 29.1 Å². The first kappa shape index (κ1) is 13.3. The van der Waals surface area contributed by atoms with Crippen molar-refractivity contribution in [2.75, 3.05) is 26.3 Å².